The molecular formula is C10H16N2O2. The van der Waals surface area contributed by atoms with Crippen LogP contribution in [0.1, 0.15) is 6.42 Å². The first-order chi connectivity index (χ1) is 6.83. The quantitative estimate of drug-likeness (QED) is 0.658. The molecule has 2 rings (SSSR count). The topological polar surface area (TPSA) is 41.6 Å². The summed E-state index contributed by atoms with van der Waals surface area (Å²) in [7, 11) is 0. The van der Waals surface area contributed by atoms with Crippen LogP contribution in [0.2, 0.25) is 0 Å². The number of nitrogens with zero attached hydrogens (tertiary/aromatic N) is 1. The zero-order valence-corrected chi connectivity index (χ0v) is 8.24. The van der Waals surface area contributed by atoms with Crippen molar-refractivity contribution in [2.45, 2.75) is 12.5 Å². The maximum Gasteiger partial charge on any atom is 0.410 e. The van der Waals surface area contributed by atoms with E-state index in [9.17, 15) is 4.79 Å². The SMILES string of the molecule is C=CCOC(=O)N1C[C@H]2CCNC[C@H]21. The average Bonchev–Trinajstić information content (AvgIpc) is 2.17. The van der Waals surface area contributed by atoms with E-state index in [0.717, 1.165) is 19.6 Å². The van der Waals surface area contributed by atoms with E-state index in [1.54, 1.807) is 11.0 Å². The van der Waals surface area contributed by atoms with Crippen molar-refractivity contribution < 1.29 is 9.53 Å². The summed E-state index contributed by atoms with van der Waals surface area (Å²) in [5.41, 5.74) is 0. The van der Waals surface area contributed by atoms with E-state index in [2.05, 4.69) is 11.9 Å². The lowest BCUT2D eigenvalue weighted by Gasteiger charge is -2.49. The molecule has 0 saturated carbocycles. The third kappa shape index (κ3) is 1.62. The molecule has 4 nitrogen and oxygen atoms in total. The molecule has 2 aliphatic heterocycles. The first-order valence-corrected chi connectivity index (χ1v) is 5.08. The van der Waals surface area contributed by atoms with E-state index in [4.69, 9.17) is 4.74 Å². The van der Waals surface area contributed by atoms with E-state index in [-0.39, 0.29) is 6.09 Å². The second-order valence-electron chi connectivity index (χ2n) is 3.84. The number of fused-ring (bicyclic) bond motifs is 1. The van der Waals surface area contributed by atoms with Crippen LogP contribution in [0.3, 0.4) is 0 Å². The molecular weight excluding hydrogens is 180 g/mol. The van der Waals surface area contributed by atoms with Crippen LogP contribution < -0.4 is 5.32 Å². The van der Waals surface area contributed by atoms with Crippen molar-refractivity contribution in [3.63, 3.8) is 0 Å². The minimum absolute atomic E-state index is 0.199. The van der Waals surface area contributed by atoms with E-state index >= 15 is 0 Å². The number of ether oxygens (including phenoxy) is 1. The zero-order chi connectivity index (χ0) is 9.97. The molecule has 4 heteroatoms. The molecule has 1 N–H and O–H groups in total. The third-order valence-electron chi connectivity index (χ3n) is 2.98. The standard InChI is InChI=1S/C10H16N2O2/c1-2-5-14-10(13)12-7-8-3-4-11-6-9(8)12/h2,8-9,11H,1,3-7H2/t8-,9-/m1/s1. The number of hydrogen-bond donors (Lipinski definition) is 1. The number of piperidine rings is 1. The van der Waals surface area contributed by atoms with E-state index in [1.807, 2.05) is 0 Å². The predicted molar refractivity (Wildman–Crippen MR) is 53.0 cm³/mol. The maximum atomic E-state index is 11.5. The Bertz CT molecular complexity index is 242. The number of hydrogen-bond acceptors (Lipinski definition) is 3. The fourth-order valence-corrected chi connectivity index (χ4v) is 2.15. The van der Waals surface area contributed by atoms with Gasteiger partial charge in [0.05, 0.1) is 6.04 Å². The first-order valence-electron chi connectivity index (χ1n) is 5.08. The molecule has 1 amide bonds. The van der Waals surface area contributed by atoms with Gasteiger partial charge in [-0.2, -0.15) is 0 Å². The van der Waals surface area contributed by atoms with Gasteiger partial charge in [0.1, 0.15) is 6.61 Å². The monoisotopic (exact) mass is 196 g/mol. The molecule has 0 spiro atoms. The normalized spacial score (nSPS) is 30.1. The van der Waals surface area contributed by atoms with Crippen molar-refractivity contribution in [2.24, 2.45) is 5.92 Å². The second-order valence-corrected chi connectivity index (χ2v) is 3.84. The van der Waals surface area contributed by atoms with Crippen molar-refractivity contribution >= 4 is 6.09 Å². The summed E-state index contributed by atoms with van der Waals surface area (Å²) in [6.45, 7) is 6.67. The van der Waals surface area contributed by atoms with Crippen molar-refractivity contribution in [1.82, 2.24) is 10.2 Å². The summed E-state index contributed by atoms with van der Waals surface area (Å²) in [6, 6.07) is 0.362. The number of carbonyl (C=O) groups excluding carboxylic acids is 1. The van der Waals surface area contributed by atoms with Crippen LogP contribution in [0.25, 0.3) is 0 Å². The van der Waals surface area contributed by atoms with Crippen molar-refractivity contribution in [3.8, 4) is 0 Å². The van der Waals surface area contributed by atoms with Gasteiger partial charge in [0.25, 0.3) is 0 Å². The average molecular weight is 196 g/mol. The minimum atomic E-state index is -0.199. The fraction of sp³-hybridized carbons (Fsp3) is 0.700. The van der Waals surface area contributed by atoms with Crippen LogP contribution >= 0.6 is 0 Å². The molecule has 14 heavy (non-hydrogen) atoms. The maximum absolute atomic E-state index is 11.5. The Morgan fingerprint density at radius 1 is 1.71 bits per heavy atom. The Morgan fingerprint density at radius 3 is 3.29 bits per heavy atom. The molecule has 0 radical (unpaired) electrons. The Labute approximate surface area is 83.9 Å². The van der Waals surface area contributed by atoms with Gasteiger partial charge in [-0.1, -0.05) is 12.7 Å². The van der Waals surface area contributed by atoms with E-state index in [1.165, 1.54) is 6.42 Å². The number of rotatable bonds is 2. The highest BCUT2D eigenvalue weighted by molar-refractivity contribution is 5.69. The van der Waals surface area contributed by atoms with Crippen LogP contribution in [-0.4, -0.2) is 43.3 Å². The van der Waals surface area contributed by atoms with Crippen LogP contribution in [0.5, 0.6) is 0 Å². The van der Waals surface area contributed by atoms with Gasteiger partial charge < -0.3 is 15.0 Å². The lowest BCUT2D eigenvalue weighted by Crippen LogP contribution is -2.65. The second kappa shape index (κ2) is 4.00. The predicted octanol–water partition coefficient (Wildman–Crippen LogP) is 0.603. The highest BCUT2D eigenvalue weighted by Gasteiger charge is 2.43. The van der Waals surface area contributed by atoms with Gasteiger partial charge in [0.2, 0.25) is 0 Å². The first kappa shape index (κ1) is 9.52. The number of likely N-dealkylation sites (tertiary alicyclic amines) is 1. The summed E-state index contributed by atoms with van der Waals surface area (Å²) >= 11 is 0. The Hall–Kier alpha value is -1.03. The van der Waals surface area contributed by atoms with Crippen molar-refractivity contribution in [2.75, 3.05) is 26.2 Å². The Morgan fingerprint density at radius 2 is 2.57 bits per heavy atom. The molecule has 2 heterocycles. The van der Waals surface area contributed by atoms with E-state index in [0.29, 0.717) is 18.6 Å². The zero-order valence-electron chi connectivity index (χ0n) is 8.24. The van der Waals surface area contributed by atoms with Crippen molar-refractivity contribution in [1.29, 1.82) is 0 Å². The molecule has 0 bridgehead atoms. The smallest absolute Gasteiger partial charge is 0.410 e. The van der Waals surface area contributed by atoms with Crippen molar-refractivity contribution in [3.05, 3.63) is 12.7 Å². The van der Waals surface area contributed by atoms with Crippen LogP contribution in [-0.2, 0) is 4.74 Å². The Balaban J connectivity index is 1.82. The highest BCUT2D eigenvalue weighted by Crippen LogP contribution is 2.29. The van der Waals surface area contributed by atoms with Gasteiger partial charge in [0, 0.05) is 13.1 Å². The van der Waals surface area contributed by atoms with Gasteiger partial charge in [-0.05, 0) is 18.9 Å². The summed E-state index contributed by atoms with van der Waals surface area (Å²) in [6.07, 6.45) is 2.57. The van der Waals surface area contributed by atoms with Gasteiger partial charge in [0.15, 0.2) is 0 Å². The number of nitrogens with one attached hydrogen (secondary N) is 1. The lowest BCUT2D eigenvalue weighted by atomic mass is 9.84. The summed E-state index contributed by atoms with van der Waals surface area (Å²) in [5, 5.41) is 3.29. The van der Waals surface area contributed by atoms with Gasteiger partial charge in [-0.25, -0.2) is 4.79 Å². The summed E-state index contributed by atoms with van der Waals surface area (Å²) in [4.78, 5) is 13.3. The van der Waals surface area contributed by atoms with Gasteiger partial charge in [-0.15, -0.1) is 0 Å². The molecule has 0 aromatic heterocycles. The molecule has 2 aliphatic rings. The summed E-state index contributed by atoms with van der Waals surface area (Å²) in [5.74, 6) is 0.688. The molecule has 0 unspecified atom stereocenters. The lowest BCUT2D eigenvalue weighted by molar-refractivity contribution is -0.00416. The molecule has 0 aromatic carbocycles. The minimum Gasteiger partial charge on any atom is -0.445 e. The summed E-state index contributed by atoms with van der Waals surface area (Å²) < 4.78 is 4.99. The van der Waals surface area contributed by atoms with E-state index < -0.39 is 0 Å². The highest BCUT2D eigenvalue weighted by atomic mass is 16.6. The molecule has 0 aliphatic carbocycles. The largest absolute Gasteiger partial charge is 0.445 e. The third-order valence-corrected chi connectivity index (χ3v) is 2.98. The molecule has 78 valence electrons. The number of carbonyl (C=O) groups is 1. The van der Waals surface area contributed by atoms with Crippen LogP contribution in [0, 0.1) is 5.92 Å². The van der Waals surface area contributed by atoms with Gasteiger partial charge in [-0.3, -0.25) is 0 Å². The molecule has 2 fully saturated rings. The fourth-order valence-electron chi connectivity index (χ4n) is 2.15. The number of amides is 1. The van der Waals surface area contributed by atoms with Crippen LogP contribution in [0.15, 0.2) is 12.7 Å². The molecule has 2 saturated heterocycles. The molecule has 2 atom stereocenters. The van der Waals surface area contributed by atoms with Gasteiger partial charge >= 0.3 is 6.09 Å². The Kier molecular flexibility index (Phi) is 2.72. The molecule has 0 aromatic rings. The van der Waals surface area contributed by atoms with Crippen LogP contribution in [0.4, 0.5) is 4.79 Å².